The zero-order chi connectivity index (χ0) is 13.4. The zero-order valence-corrected chi connectivity index (χ0v) is 9.29. The highest BCUT2D eigenvalue weighted by atomic mass is 35.5. The predicted molar refractivity (Wildman–Crippen MR) is 62.3 cm³/mol. The molecule has 2 aromatic heterocycles. The molecule has 9 nitrogen and oxygen atoms in total. The molecule has 0 radical (unpaired) electrons. The molecule has 0 aromatic carbocycles. The van der Waals surface area contributed by atoms with E-state index in [1.54, 1.807) is 0 Å². The average Bonchev–Trinajstić information content (AvgIpc) is 2.27. The first-order valence-corrected chi connectivity index (χ1v) is 4.83. The fraction of sp³-hybridized carbons (Fsp3) is 0. The number of anilines is 1. The van der Waals surface area contributed by atoms with Crippen LogP contribution in [0.15, 0.2) is 12.3 Å². The van der Waals surface area contributed by atoms with Crippen molar-refractivity contribution in [3.63, 3.8) is 0 Å². The summed E-state index contributed by atoms with van der Waals surface area (Å²) in [5.74, 6) is 0. The molecule has 0 atom stereocenters. The topological polar surface area (TPSA) is 138 Å². The van der Waals surface area contributed by atoms with Crippen molar-refractivity contribution >= 4 is 39.7 Å². The third-order valence-electron chi connectivity index (χ3n) is 2.21. The number of nitrogen functional groups attached to an aromatic ring is 1. The van der Waals surface area contributed by atoms with Crippen LogP contribution in [0.4, 0.5) is 17.1 Å². The van der Waals surface area contributed by atoms with Gasteiger partial charge in [-0.1, -0.05) is 11.6 Å². The fourth-order valence-electron chi connectivity index (χ4n) is 1.37. The molecule has 2 N–H and O–H groups in total. The van der Waals surface area contributed by atoms with Crippen LogP contribution in [-0.4, -0.2) is 19.8 Å². The Bertz CT molecular complexity index is 689. The highest BCUT2D eigenvalue weighted by Gasteiger charge is 2.21. The number of hydrogen-bond donors (Lipinski definition) is 1. The van der Waals surface area contributed by atoms with Crippen molar-refractivity contribution in [3.8, 4) is 0 Å². The van der Waals surface area contributed by atoms with Crippen molar-refractivity contribution in [2.75, 3.05) is 5.73 Å². The van der Waals surface area contributed by atoms with Gasteiger partial charge in [0, 0.05) is 6.07 Å². The molecule has 10 heteroatoms. The van der Waals surface area contributed by atoms with Crippen molar-refractivity contribution < 1.29 is 9.85 Å². The van der Waals surface area contributed by atoms with Gasteiger partial charge in [-0.25, -0.2) is 9.97 Å². The number of nitrogens with zero attached hydrogens (tertiary/aromatic N) is 4. The van der Waals surface area contributed by atoms with Crippen molar-refractivity contribution in [3.05, 3.63) is 37.6 Å². The third kappa shape index (κ3) is 1.76. The van der Waals surface area contributed by atoms with Crippen LogP contribution >= 0.6 is 11.6 Å². The Morgan fingerprint density at radius 2 is 1.83 bits per heavy atom. The lowest BCUT2D eigenvalue weighted by Crippen LogP contribution is -2.00. The van der Waals surface area contributed by atoms with Crippen LogP contribution in [0.5, 0.6) is 0 Å². The molecule has 0 saturated carbocycles. The summed E-state index contributed by atoms with van der Waals surface area (Å²) in [6.45, 7) is 0. The van der Waals surface area contributed by atoms with E-state index in [1.807, 2.05) is 0 Å². The van der Waals surface area contributed by atoms with E-state index in [0.29, 0.717) is 0 Å². The standard InChI is InChI=1S/C8H4ClN5O4/c9-7-4(13(15)16)1-3-6(10)5(14(17)18)2-11-8(3)12-7/h1-2H,(H2,10,11,12). The quantitative estimate of drug-likeness (QED) is 0.497. The predicted octanol–water partition coefficient (Wildman–Crippen LogP) is 1.68. The van der Waals surface area contributed by atoms with E-state index in [4.69, 9.17) is 17.3 Å². The second kappa shape index (κ2) is 4.04. The lowest BCUT2D eigenvalue weighted by Gasteiger charge is -2.02. The largest absolute Gasteiger partial charge is 0.393 e. The molecule has 92 valence electrons. The molecule has 0 unspecified atom stereocenters. The monoisotopic (exact) mass is 269 g/mol. The summed E-state index contributed by atoms with van der Waals surface area (Å²) >= 11 is 5.59. The van der Waals surface area contributed by atoms with E-state index in [9.17, 15) is 20.2 Å². The van der Waals surface area contributed by atoms with Gasteiger partial charge in [-0.3, -0.25) is 20.2 Å². The molecule has 2 rings (SSSR count). The number of aromatic nitrogens is 2. The van der Waals surface area contributed by atoms with Crippen molar-refractivity contribution in [2.45, 2.75) is 0 Å². The number of hydrogen-bond acceptors (Lipinski definition) is 7. The van der Waals surface area contributed by atoms with Crippen LogP contribution in [0.25, 0.3) is 11.0 Å². The molecule has 0 aliphatic rings. The Morgan fingerprint density at radius 1 is 1.22 bits per heavy atom. The minimum absolute atomic E-state index is 0.00806. The van der Waals surface area contributed by atoms with E-state index < -0.39 is 21.2 Å². The number of fused-ring (bicyclic) bond motifs is 1. The van der Waals surface area contributed by atoms with Gasteiger partial charge in [0.2, 0.25) is 5.15 Å². The Kier molecular flexibility index (Phi) is 2.67. The van der Waals surface area contributed by atoms with Gasteiger partial charge in [0.15, 0.2) is 5.65 Å². The molecule has 0 aliphatic carbocycles. The van der Waals surface area contributed by atoms with Crippen molar-refractivity contribution in [1.82, 2.24) is 9.97 Å². The van der Waals surface area contributed by atoms with Gasteiger partial charge in [-0.2, -0.15) is 0 Å². The van der Waals surface area contributed by atoms with Crippen LogP contribution in [-0.2, 0) is 0 Å². The molecule has 0 aliphatic heterocycles. The van der Waals surface area contributed by atoms with E-state index in [2.05, 4.69) is 9.97 Å². The molecule has 0 spiro atoms. The molecule has 0 bridgehead atoms. The summed E-state index contributed by atoms with van der Waals surface area (Å²) in [7, 11) is 0. The molecular weight excluding hydrogens is 266 g/mol. The molecular formula is C8H4ClN5O4. The average molecular weight is 270 g/mol. The van der Waals surface area contributed by atoms with Crippen molar-refractivity contribution in [1.29, 1.82) is 0 Å². The summed E-state index contributed by atoms with van der Waals surface area (Å²) in [6.07, 6.45) is 0.923. The highest BCUT2D eigenvalue weighted by Crippen LogP contribution is 2.32. The van der Waals surface area contributed by atoms with Crippen LogP contribution in [0.1, 0.15) is 0 Å². The molecule has 0 saturated heterocycles. The summed E-state index contributed by atoms with van der Waals surface area (Å²) < 4.78 is 0. The molecule has 0 amide bonds. The Balaban J connectivity index is 2.84. The van der Waals surface area contributed by atoms with Crippen LogP contribution in [0, 0.1) is 20.2 Å². The first-order valence-electron chi connectivity index (χ1n) is 4.45. The first-order chi connectivity index (χ1) is 8.41. The summed E-state index contributed by atoms with van der Waals surface area (Å²) in [4.78, 5) is 27.2. The summed E-state index contributed by atoms with van der Waals surface area (Å²) in [5.41, 5.74) is 4.39. The molecule has 2 aromatic rings. The van der Waals surface area contributed by atoms with E-state index in [1.165, 1.54) is 0 Å². The number of nitro groups is 2. The maximum Gasteiger partial charge on any atom is 0.311 e. The van der Waals surface area contributed by atoms with Gasteiger partial charge >= 0.3 is 11.4 Å². The van der Waals surface area contributed by atoms with Gasteiger partial charge in [0.1, 0.15) is 11.9 Å². The second-order valence-electron chi connectivity index (χ2n) is 3.24. The Morgan fingerprint density at radius 3 is 2.39 bits per heavy atom. The minimum Gasteiger partial charge on any atom is -0.393 e. The fourth-order valence-corrected chi connectivity index (χ4v) is 1.57. The van der Waals surface area contributed by atoms with Gasteiger partial charge in [-0.05, 0) is 0 Å². The lowest BCUT2D eigenvalue weighted by molar-refractivity contribution is -0.385. The van der Waals surface area contributed by atoms with E-state index in [-0.39, 0.29) is 21.9 Å². The van der Waals surface area contributed by atoms with Crippen LogP contribution in [0.2, 0.25) is 5.15 Å². The lowest BCUT2D eigenvalue weighted by atomic mass is 10.2. The number of rotatable bonds is 2. The van der Waals surface area contributed by atoms with Crippen LogP contribution in [0.3, 0.4) is 0 Å². The Labute approximate surface area is 104 Å². The molecule has 18 heavy (non-hydrogen) atoms. The maximum atomic E-state index is 10.7. The molecule has 0 fully saturated rings. The normalized spacial score (nSPS) is 10.5. The first kappa shape index (κ1) is 11.9. The maximum absolute atomic E-state index is 10.7. The summed E-state index contributed by atoms with van der Waals surface area (Å²) in [6, 6.07) is 1.01. The van der Waals surface area contributed by atoms with Crippen molar-refractivity contribution in [2.24, 2.45) is 0 Å². The third-order valence-corrected chi connectivity index (χ3v) is 2.48. The smallest absolute Gasteiger partial charge is 0.311 e. The molecule has 2 heterocycles. The highest BCUT2D eigenvalue weighted by molar-refractivity contribution is 6.32. The number of pyridine rings is 2. The summed E-state index contributed by atoms with van der Waals surface area (Å²) in [5, 5.41) is 21.0. The minimum atomic E-state index is -0.757. The van der Waals surface area contributed by atoms with Gasteiger partial charge in [0.25, 0.3) is 0 Å². The van der Waals surface area contributed by atoms with Gasteiger partial charge in [0.05, 0.1) is 15.2 Å². The Hall–Kier alpha value is -2.55. The second-order valence-corrected chi connectivity index (χ2v) is 3.60. The van der Waals surface area contributed by atoms with E-state index >= 15 is 0 Å². The van der Waals surface area contributed by atoms with Gasteiger partial charge in [-0.15, -0.1) is 0 Å². The van der Waals surface area contributed by atoms with Crippen LogP contribution < -0.4 is 5.73 Å². The SMILES string of the molecule is Nc1c([N+](=O)[O-])cnc2nc(Cl)c([N+](=O)[O-])cc12. The number of halogens is 1. The zero-order valence-electron chi connectivity index (χ0n) is 8.53. The number of nitrogens with two attached hydrogens (primary N) is 1. The van der Waals surface area contributed by atoms with Gasteiger partial charge < -0.3 is 5.73 Å². The van der Waals surface area contributed by atoms with E-state index in [0.717, 1.165) is 12.3 Å².